The summed E-state index contributed by atoms with van der Waals surface area (Å²) in [6, 6.07) is 10.2. The normalized spacial score (nSPS) is 13.1. The van der Waals surface area contributed by atoms with Crippen molar-refractivity contribution in [3.05, 3.63) is 53.3 Å². The zero-order chi connectivity index (χ0) is 14.8. The summed E-state index contributed by atoms with van der Waals surface area (Å²) in [6.45, 7) is 2.50. The van der Waals surface area contributed by atoms with Gasteiger partial charge in [0.25, 0.3) is 5.91 Å². The molecule has 1 aliphatic heterocycles. The number of fused-ring (bicyclic) bond motifs is 1. The fourth-order valence-corrected chi connectivity index (χ4v) is 2.22. The van der Waals surface area contributed by atoms with Crippen LogP contribution in [0.25, 0.3) is 0 Å². The van der Waals surface area contributed by atoms with Gasteiger partial charge in [-0.25, -0.2) is 4.39 Å². The topological polar surface area (TPSA) is 50.4 Å². The van der Waals surface area contributed by atoms with Gasteiger partial charge < -0.3 is 15.4 Å². The largest absolute Gasteiger partial charge is 0.482 e. The first-order valence-corrected chi connectivity index (χ1v) is 6.67. The molecule has 1 heterocycles. The van der Waals surface area contributed by atoms with Crippen LogP contribution in [-0.2, 0) is 11.3 Å². The number of carbonyl (C=O) groups excluding carboxylic acids is 1. The van der Waals surface area contributed by atoms with Gasteiger partial charge in [-0.05, 0) is 48.4 Å². The number of anilines is 2. The lowest BCUT2D eigenvalue weighted by molar-refractivity contribution is -0.118. The standard InChI is InChI=1S/C16H15FN2O2/c1-10-2-3-12(17)6-11(10)8-18-13-4-5-15-14(7-13)19-16(20)9-21-15/h2-7,18H,8-9H2,1H3,(H,19,20). The molecule has 2 aromatic rings. The molecule has 3 rings (SSSR count). The number of hydrogen-bond donors (Lipinski definition) is 2. The van der Waals surface area contributed by atoms with E-state index in [4.69, 9.17) is 4.74 Å². The summed E-state index contributed by atoms with van der Waals surface area (Å²) in [7, 11) is 0. The molecule has 1 amide bonds. The number of halogens is 1. The Morgan fingerprint density at radius 1 is 1.29 bits per heavy atom. The molecule has 0 spiro atoms. The SMILES string of the molecule is Cc1ccc(F)cc1CNc1ccc2c(c1)NC(=O)CO2. The van der Waals surface area contributed by atoms with E-state index in [1.54, 1.807) is 18.2 Å². The number of benzene rings is 2. The Balaban J connectivity index is 1.75. The van der Waals surface area contributed by atoms with Crippen molar-refractivity contribution in [3.63, 3.8) is 0 Å². The van der Waals surface area contributed by atoms with Crippen LogP contribution >= 0.6 is 0 Å². The molecule has 1 aliphatic rings. The van der Waals surface area contributed by atoms with Gasteiger partial charge in [-0.2, -0.15) is 0 Å². The van der Waals surface area contributed by atoms with E-state index in [-0.39, 0.29) is 18.3 Å². The van der Waals surface area contributed by atoms with Crippen molar-refractivity contribution in [1.82, 2.24) is 0 Å². The number of carbonyl (C=O) groups is 1. The van der Waals surface area contributed by atoms with Gasteiger partial charge >= 0.3 is 0 Å². The van der Waals surface area contributed by atoms with Crippen LogP contribution < -0.4 is 15.4 Å². The predicted octanol–water partition coefficient (Wildman–Crippen LogP) is 3.08. The zero-order valence-corrected chi connectivity index (χ0v) is 11.6. The molecule has 5 heteroatoms. The van der Waals surface area contributed by atoms with Crippen LogP contribution in [0.1, 0.15) is 11.1 Å². The second-order valence-corrected chi connectivity index (χ2v) is 4.97. The van der Waals surface area contributed by atoms with Crippen molar-refractivity contribution in [3.8, 4) is 5.75 Å². The molecule has 0 bridgehead atoms. The van der Waals surface area contributed by atoms with Crippen LogP contribution in [0.5, 0.6) is 5.75 Å². The molecule has 21 heavy (non-hydrogen) atoms. The number of nitrogens with one attached hydrogen (secondary N) is 2. The van der Waals surface area contributed by atoms with Gasteiger partial charge in [0.05, 0.1) is 5.69 Å². The Morgan fingerprint density at radius 3 is 3.00 bits per heavy atom. The Labute approximate surface area is 121 Å². The maximum Gasteiger partial charge on any atom is 0.262 e. The molecule has 0 saturated carbocycles. The summed E-state index contributed by atoms with van der Waals surface area (Å²) in [5.74, 6) is 0.242. The number of aryl methyl sites for hydroxylation is 1. The molecule has 0 radical (unpaired) electrons. The zero-order valence-electron chi connectivity index (χ0n) is 11.6. The van der Waals surface area contributed by atoms with Crippen molar-refractivity contribution in [2.75, 3.05) is 17.2 Å². The Morgan fingerprint density at radius 2 is 2.14 bits per heavy atom. The molecule has 2 aromatic carbocycles. The highest BCUT2D eigenvalue weighted by Gasteiger charge is 2.15. The lowest BCUT2D eigenvalue weighted by Crippen LogP contribution is -2.25. The average molecular weight is 286 g/mol. The van der Waals surface area contributed by atoms with Gasteiger partial charge in [0, 0.05) is 12.2 Å². The summed E-state index contributed by atoms with van der Waals surface area (Å²) in [5, 5.41) is 5.98. The highest BCUT2D eigenvalue weighted by Crippen LogP contribution is 2.30. The van der Waals surface area contributed by atoms with Crippen LogP contribution in [0.4, 0.5) is 15.8 Å². The lowest BCUT2D eigenvalue weighted by Gasteiger charge is -2.19. The van der Waals surface area contributed by atoms with Crippen LogP contribution in [0.3, 0.4) is 0 Å². The molecular formula is C16H15FN2O2. The molecule has 0 saturated heterocycles. The van der Waals surface area contributed by atoms with Gasteiger partial charge in [0.2, 0.25) is 0 Å². The Kier molecular flexibility index (Phi) is 3.48. The van der Waals surface area contributed by atoms with E-state index in [9.17, 15) is 9.18 Å². The van der Waals surface area contributed by atoms with Crippen molar-refractivity contribution in [2.45, 2.75) is 13.5 Å². The van der Waals surface area contributed by atoms with Crippen LogP contribution in [-0.4, -0.2) is 12.5 Å². The van der Waals surface area contributed by atoms with Gasteiger partial charge in [-0.15, -0.1) is 0 Å². The molecule has 4 nitrogen and oxygen atoms in total. The van der Waals surface area contributed by atoms with E-state index < -0.39 is 0 Å². The third-order valence-electron chi connectivity index (χ3n) is 3.41. The molecule has 0 aliphatic carbocycles. The summed E-state index contributed by atoms with van der Waals surface area (Å²) >= 11 is 0. The van der Waals surface area contributed by atoms with Gasteiger partial charge in [0.15, 0.2) is 6.61 Å². The first kappa shape index (κ1) is 13.4. The third kappa shape index (κ3) is 2.97. The highest BCUT2D eigenvalue weighted by molar-refractivity contribution is 5.96. The van der Waals surface area contributed by atoms with Crippen molar-refractivity contribution < 1.29 is 13.9 Å². The molecule has 0 aromatic heterocycles. The molecule has 108 valence electrons. The number of hydrogen-bond acceptors (Lipinski definition) is 3. The fourth-order valence-electron chi connectivity index (χ4n) is 2.22. The summed E-state index contributed by atoms with van der Waals surface area (Å²) in [5.41, 5.74) is 3.40. The average Bonchev–Trinajstić information content (AvgIpc) is 2.47. The molecule has 0 unspecified atom stereocenters. The number of amides is 1. The quantitative estimate of drug-likeness (QED) is 0.911. The Bertz CT molecular complexity index is 701. The first-order chi connectivity index (χ1) is 10.1. The van der Waals surface area contributed by atoms with Crippen LogP contribution in [0, 0.1) is 12.7 Å². The summed E-state index contributed by atoms with van der Waals surface area (Å²) in [4.78, 5) is 11.3. The lowest BCUT2D eigenvalue weighted by atomic mass is 10.1. The molecular weight excluding hydrogens is 271 g/mol. The van der Waals surface area contributed by atoms with E-state index in [0.29, 0.717) is 18.0 Å². The van der Waals surface area contributed by atoms with Crippen molar-refractivity contribution in [2.24, 2.45) is 0 Å². The van der Waals surface area contributed by atoms with Gasteiger partial charge in [-0.3, -0.25) is 4.79 Å². The maximum atomic E-state index is 13.2. The first-order valence-electron chi connectivity index (χ1n) is 6.67. The van der Waals surface area contributed by atoms with E-state index in [1.807, 2.05) is 13.0 Å². The second kappa shape index (κ2) is 5.44. The molecule has 0 fully saturated rings. The van der Waals surface area contributed by atoms with Crippen LogP contribution in [0.2, 0.25) is 0 Å². The minimum atomic E-state index is -0.247. The number of rotatable bonds is 3. The van der Waals surface area contributed by atoms with E-state index >= 15 is 0 Å². The second-order valence-electron chi connectivity index (χ2n) is 4.97. The minimum Gasteiger partial charge on any atom is -0.482 e. The van der Waals surface area contributed by atoms with Crippen LogP contribution in [0.15, 0.2) is 36.4 Å². The smallest absolute Gasteiger partial charge is 0.262 e. The van der Waals surface area contributed by atoms with E-state index in [2.05, 4.69) is 10.6 Å². The Hall–Kier alpha value is -2.56. The van der Waals surface area contributed by atoms with Gasteiger partial charge in [-0.1, -0.05) is 6.07 Å². The number of ether oxygens (including phenoxy) is 1. The highest BCUT2D eigenvalue weighted by atomic mass is 19.1. The fraction of sp³-hybridized carbons (Fsp3) is 0.188. The van der Waals surface area contributed by atoms with Gasteiger partial charge in [0.1, 0.15) is 11.6 Å². The summed E-state index contributed by atoms with van der Waals surface area (Å²) in [6.07, 6.45) is 0. The van der Waals surface area contributed by atoms with E-state index in [0.717, 1.165) is 16.8 Å². The van der Waals surface area contributed by atoms with E-state index in [1.165, 1.54) is 12.1 Å². The molecule has 0 atom stereocenters. The summed E-state index contributed by atoms with van der Waals surface area (Å²) < 4.78 is 18.5. The minimum absolute atomic E-state index is 0.0439. The monoisotopic (exact) mass is 286 g/mol. The predicted molar refractivity (Wildman–Crippen MR) is 79.0 cm³/mol. The molecule has 2 N–H and O–H groups in total. The maximum absolute atomic E-state index is 13.2. The van der Waals surface area contributed by atoms with Crippen molar-refractivity contribution in [1.29, 1.82) is 0 Å². The third-order valence-corrected chi connectivity index (χ3v) is 3.41. The van der Waals surface area contributed by atoms with Crippen molar-refractivity contribution >= 4 is 17.3 Å².